The molecule has 0 heterocycles. The molecule has 0 aliphatic heterocycles. The monoisotopic (exact) mass is 262 g/mol. The van der Waals surface area contributed by atoms with Gasteiger partial charge in [0, 0.05) is 5.56 Å². The van der Waals surface area contributed by atoms with E-state index in [-0.39, 0.29) is 12.2 Å². The van der Waals surface area contributed by atoms with Crippen LogP contribution in [0.3, 0.4) is 0 Å². The Morgan fingerprint density at radius 2 is 1.83 bits per heavy atom. The summed E-state index contributed by atoms with van der Waals surface area (Å²) >= 11 is 0. The molecule has 0 radical (unpaired) electrons. The maximum atomic E-state index is 13.6. The first-order valence-electron chi connectivity index (χ1n) is 5.49. The number of halogens is 3. The van der Waals surface area contributed by atoms with Crippen molar-refractivity contribution in [1.82, 2.24) is 5.43 Å². The molecular formula is C12H17F3N2O. The van der Waals surface area contributed by atoms with Gasteiger partial charge in [0.2, 0.25) is 0 Å². The molecule has 1 aromatic rings. The van der Waals surface area contributed by atoms with Crippen molar-refractivity contribution < 1.29 is 17.9 Å². The number of rotatable bonds is 4. The summed E-state index contributed by atoms with van der Waals surface area (Å²) in [6.45, 7) is 5.51. The number of nitrogens with one attached hydrogen (secondary N) is 1. The molecule has 1 rings (SSSR count). The molecule has 102 valence electrons. The van der Waals surface area contributed by atoms with Crippen LogP contribution in [0.2, 0.25) is 0 Å². The quantitative estimate of drug-likeness (QED) is 0.497. The highest BCUT2D eigenvalue weighted by atomic mass is 19.2. The molecule has 0 bridgehead atoms. The van der Waals surface area contributed by atoms with E-state index in [0.717, 1.165) is 12.1 Å². The smallest absolute Gasteiger partial charge is 0.194 e. The van der Waals surface area contributed by atoms with Gasteiger partial charge in [-0.2, -0.15) is 0 Å². The number of benzene rings is 1. The summed E-state index contributed by atoms with van der Waals surface area (Å²) in [6.07, 6.45) is 0. The SMILES string of the molecule is CC(C)(C)OCC(NN)c1ccc(F)c(F)c1F. The Morgan fingerprint density at radius 1 is 1.22 bits per heavy atom. The molecule has 0 aliphatic carbocycles. The van der Waals surface area contributed by atoms with Gasteiger partial charge in [0.25, 0.3) is 0 Å². The molecule has 0 saturated carbocycles. The zero-order chi connectivity index (χ0) is 13.9. The normalized spacial score (nSPS) is 13.7. The number of hydrazine groups is 1. The first-order chi connectivity index (χ1) is 8.26. The standard InChI is InChI=1S/C12H17F3N2O/c1-12(2,3)18-6-9(17-16)7-4-5-8(13)11(15)10(7)14/h4-5,9,17H,6,16H2,1-3H3. The molecule has 0 fully saturated rings. The summed E-state index contributed by atoms with van der Waals surface area (Å²) in [5.74, 6) is 1.28. The molecule has 6 heteroatoms. The van der Waals surface area contributed by atoms with Crippen LogP contribution in [-0.2, 0) is 4.74 Å². The fourth-order valence-electron chi connectivity index (χ4n) is 1.37. The lowest BCUT2D eigenvalue weighted by Gasteiger charge is -2.24. The van der Waals surface area contributed by atoms with Crippen LogP contribution in [-0.4, -0.2) is 12.2 Å². The van der Waals surface area contributed by atoms with Crippen molar-refractivity contribution in [2.24, 2.45) is 5.84 Å². The first-order valence-corrected chi connectivity index (χ1v) is 5.49. The zero-order valence-electron chi connectivity index (χ0n) is 10.6. The lowest BCUT2D eigenvalue weighted by atomic mass is 10.1. The van der Waals surface area contributed by atoms with Crippen molar-refractivity contribution in [3.8, 4) is 0 Å². The molecule has 0 amide bonds. The maximum absolute atomic E-state index is 13.6. The minimum absolute atomic E-state index is 0.0436. The first kappa shape index (κ1) is 14.9. The summed E-state index contributed by atoms with van der Waals surface area (Å²) in [7, 11) is 0. The molecule has 3 nitrogen and oxygen atoms in total. The lowest BCUT2D eigenvalue weighted by molar-refractivity contribution is -0.0153. The van der Waals surface area contributed by atoms with Crippen LogP contribution >= 0.6 is 0 Å². The van der Waals surface area contributed by atoms with Crippen molar-refractivity contribution in [1.29, 1.82) is 0 Å². The van der Waals surface area contributed by atoms with Crippen LogP contribution in [0.15, 0.2) is 12.1 Å². The van der Waals surface area contributed by atoms with Crippen LogP contribution < -0.4 is 11.3 Å². The number of ether oxygens (including phenoxy) is 1. The highest BCUT2D eigenvalue weighted by Crippen LogP contribution is 2.22. The molecule has 0 aliphatic rings. The number of nitrogens with two attached hydrogens (primary N) is 1. The molecule has 0 saturated heterocycles. The summed E-state index contributed by atoms with van der Waals surface area (Å²) in [4.78, 5) is 0. The highest BCUT2D eigenvalue weighted by molar-refractivity contribution is 5.23. The van der Waals surface area contributed by atoms with Gasteiger partial charge in [-0.1, -0.05) is 6.07 Å². The molecule has 18 heavy (non-hydrogen) atoms. The second-order valence-electron chi connectivity index (χ2n) is 4.91. The predicted molar refractivity (Wildman–Crippen MR) is 62.1 cm³/mol. The van der Waals surface area contributed by atoms with Gasteiger partial charge in [-0.25, -0.2) is 13.2 Å². The van der Waals surface area contributed by atoms with E-state index in [0.29, 0.717) is 0 Å². The molecule has 3 N–H and O–H groups in total. The molecule has 0 aromatic heterocycles. The molecule has 1 aromatic carbocycles. The average molecular weight is 262 g/mol. The fourth-order valence-corrected chi connectivity index (χ4v) is 1.37. The minimum atomic E-state index is -1.51. The predicted octanol–water partition coefficient (Wildman–Crippen LogP) is 2.42. The molecular weight excluding hydrogens is 245 g/mol. The van der Waals surface area contributed by atoms with Crippen molar-refractivity contribution in [2.75, 3.05) is 6.61 Å². The van der Waals surface area contributed by atoms with E-state index in [9.17, 15) is 13.2 Å². The third kappa shape index (κ3) is 3.69. The highest BCUT2D eigenvalue weighted by Gasteiger charge is 2.22. The van der Waals surface area contributed by atoms with Crippen LogP contribution in [0, 0.1) is 17.5 Å². The Kier molecular flexibility index (Phi) is 4.72. The Morgan fingerprint density at radius 3 is 2.33 bits per heavy atom. The Hall–Kier alpha value is -1.11. The Balaban J connectivity index is 2.92. The van der Waals surface area contributed by atoms with E-state index < -0.39 is 29.1 Å². The summed E-state index contributed by atoms with van der Waals surface area (Å²) in [5, 5.41) is 0. The van der Waals surface area contributed by atoms with Crippen LogP contribution in [0.5, 0.6) is 0 Å². The third-order valence-electron chi connectivity index (χ3n) is 2.32. The van der Waals surface area contributed by atoms with E-state index >= 15 is 0 Å². The van der Waals surface area contributed by atoms with Crippen LogP contribution in [0.25, 0.3) is 0 Å². The second kappa shape index (κ2) is 5.69. The van der Waals surface area contributed by atoms with Gasteiger partial charge in [-0.05, 0) is 26.8 Å². The second-order valence-corrected chi connectivity index (χ2v) is 4.91. The zero-order valence-corrected chi connectivity index (χ0v) is 10.6. The summed E-state index contributed by atoms with van der Waals surface area (Å²) in [6, 6.07) is 1.25. The molecule has 1 unspecified atom stereocenters. The van der Waals surface area contributed by atoms with Gasteiger partial charge in [0.1, 0.15) is 0 Å². The lowest BCUT2D eigenvalue weighted by Crippen LogP contribution is -2.35. The van der Waals surface area contributed by atoms with Crippen LogP contribution in [0.4, 0.5) is 13.2 Å². The van der Waals surface area contributed by atoms with E-state index in [2.05, 4.69) is 5.43 Å². The number of hydrogen-bond donors (Lipinski definition) is 2. The van der Waals surface area contributed by atoms with Gasteiger partial charge in [-0.15, -0.1) is 0 Å². The van der Waals surface area contributed by atoms with E-state index in [1.54, 1.807) is 0 Å². The maximum Gasteiger partial charge on any atom is 0.194 e. The molecule has 1 atom stereocenters. The van der Waals surface area contributed by atoms with E-state index in [1.807, 2.05) is 20.8 Å². The van der Waals surface area contributed by atoms with Crippen LogP contribution in [0.1, 0.15) is 32.4 Å². The van der Waals surface area contributed by atoms with Crippen molar-refractivity contribution in [2.45, 2.75) is 32.4 Å². The summed E-state index contributed by atoms with van der Waals surface area (Å²) < 4.78 is 44.9. The third-order valence-corrected chi connectivity index (χ3v) is 2.32. The van der Waals surface area contributed by atoms with E-state index in [4.69, 9.17) is 10.6 Å². The van der Waals surface area contributed by atoms with E-state index in [1.165, 1.54) is 0 Å². The van der Waals surface area contributed by atoms with Gasteiger partial charge >= 0.3 is 0 Å². The van der Waals surface area contributed by atoms with Crippen molar-refractivity contribution in [3.05, 3.63) is 35.1 Å². The Labute approximate surface area is 104 Å². The average Bonchev–Trinajstić information content (AvgIpc) is 2.28. The topological polar surface area (TPSA) is 47.3 Å². The largest absolute Gasteiger partial charge is 0.374 e. The van der Waals surface area contributed by atoms with Gasteiger partial charge in [0.15, 0.2) is 17.5 Å². The van der Waals surface area contributed by atoms with Gasteiger partial charge in [-0.3, -0.25) is 11.3 Å². The summed E-state index contributed by atoms with van der Waals surface area (Å²) in [5.41, 5.74) is 1.82. The van der Waals surface area contributed by atoms with Crippen molar-refractivity contribution >= 4 is 0 Å². The fraction of sp³-hybridized carbons (Fsp3) is 0.500. The van der Waals surface area contributed by atoms with Gasteiger partial charge in [0.05, 0.1) is 18.2 Å². The Bertz CT molecular complexity index is 419. The molecule has 0 spiro atoms. The minimum Gasteiger partial charge on any atom is -0.374 e. The van der Waals surface area contributed by atoms with Crippen molar-refractivity contribution in [3.63, 3.8) is 0 Å². The number of hydrogen-bond acceptors (Lipinski definition) is 3. The van der Waals surface area contributed by atoms with Gasteiger partial charge < -0.3 is 4.74 Å².